The number of hydrogen-bond donors (Lipinski definition) is 1. The molecule has 1 aromatic carbocycles. The Morgan fingerprint density at radius 3 is 2.94 bits per heavy atom. The summed E-state index contributed by atoms with van der Waals surface area (Å²) in [5, 5.41) is 0. The predicted molar refractivity (Wildman–Crippen MR) is 74.2 cm³/mol. The summed E-state index contributed by atoms with van der Waals surface area (Å²) >= 11 is 0. The van der Waals surface area contributed by atoms with Gasteiger partial charge in [-0.3, -0.25) is 0 Å². The maximum absolute atomic E-state index is 14.1. The largest absolute Gasteiger partial charge is 0.369 e. The summed E-state index contributed by atoms with van der Waals surface area (Å²) in [7, 11) is 0. The van der Waals surface area contributed by atoms with Crippen LogP contribution in [-0.4, -0.2) is 13.1 Å². The Kier molecular flexibility index (Phi) is 4.23. The summed E-state index contributed by atoms with van der Waals surface area (Å²) < 4.78 is 14.1. The molecule has 1 saturated heterocycles. The van der Waals surface area contributed by atoms with E-state index in [-0.39, 0.29) is 11.9 Å². The summed E-state index contributed by atoms with van der Waals surface area (Å²) in [4.78, 5) is 2.19. The van der Waals surface area contributed by atoms with Crippen LogP contribution in [0.25, 0.3) is 0 Å². The van der Waals surface area contributed by atoms with Crippen LogP contribution in [0, 0.1) is 11.7 Å². The van der Waals surface area contributed by atoms with E-state index >= 15 is 0 Å². The van der Waals surface area contributed by atoms with Crippen LogP contribution >= 0.6 is 0 Å². The number of rotatable bonds is 3. The average Bonchev–Trinajstić information content (AvgIpc) is 2.38. The Bertz CT molecular complexity index is 403. The fraction of sp³-hybridized carbons (Fsp3) is 0.600. The van der Waals surface area contributed by atoms with Gasteiger partial charge in [0, 0.05) is 19.1 Å². The van der Waals surface area contributed by atoms with E-state index in [0.717, 1.165) is 30.8 Å². The van der Waals surface area contributed by atoms with Gasteiger partial charge in [0.05, 0.1) is 5.69 Å². The maximum Gasteiger partial charge on any atom is 0.146 e. The zero-order valence-electron chi connectivity index (χ0n) is 11.3. The lowest BCUT2D eigenvalue weighted by Crippen LogP contribution is -2.36. The molecule has 1 aromatic rings. The number of hydrogen-bond acceptors (Lipinski definition) is 2. The summed E-state index contributed by atoms with van der Waals surface area (Å²) in [5.41, 5.74) is 7.61. The van der Waals surface area contributed by atoms with Crippen molar-refractivity contribution < 1.29 is 4.39 Å². The molecule has 0 bridgehead atoms. The number of benzene rings is 1. The molecular formula is C15H23FN2. The third-order valence-corrected chi connectivity index (χ3v) is 3.92. The monoisotopic (exact) mass is 250 g/mol. The summed E-state index contributed by atoms with van der Waals surface area (Å²) in [6.07, 6.45) is 3.57. The quantitative estimate of drug-likeness (QED) is 0.890. The molecule has 1 unspecified atom stereocenters. The molecule has 2 rings (SSSR count). The van der Waals surface area contributed by atoms with Crippen molar-refractivity contribution in [2.75, 3.05) is 18.0 Å². The molecule has 0 aromatic heterocycles. The van der Waals surface area contributed by atoms with Gasteiger partial charge in [-0.05, 0) is 37.3 Å². The van der Waals surface area contributed by atoms with Crippen molar-refractivity contribution in [1.82, 2.24) is 0 Å². The second kappa shape index (κ2) is 5.70. The van der Waals surface area contributed by atoms with E-state index in [0.29, 0.717) is 5.92 Å². The minimum absolute atomic E-state index is 0.127. The minimum Gasteiger partial charge on any atom is -0.369 e. The van der Waals surface area contributed by atoms with E-state index in [2.05, 4.69) is 11.8 Å². The van der Waals surface area contributed by atoms with Crippen LogP contribution in [0.15, 0.2) is 18.2 Å². The van der Waals surface area contributed by atoms with Gasteiger partial charge in [0.1, 0.15) is 5.82 Å². The Balaban J connectivity index is 2.31. The third-order valence-electron chi connectivity index (χ3n) is 3.92. The molecular weight excluding hydrogens is 227 g/mol. The van der Waals surface area contributed by atoms with Gasteiger partial charge in [-0.1, -0.05) is 25.5 Å². The lowest BCUT2D eigenvalue weighted by atomic mass is 9.94. The Morgan fingerprint density at radius 1 is 1.50 bits per heavy atom. The molecule has 2 nitrogen and oxygen atoms in total. The zero-order chi connectivity index (χ0) is 13.1. The van der Waals surface area contributed by atoms with Crippen LogP contribution in [0.3, 0.4) is 0 Å². The summed E-state index contributed by atoms with van der Waals surface area (Å²) in [5.74, 6) is 0.542. The predicted octanol–water partition coefficient (Wildman–Crippen LogP) is 3.47. The van der Waals surface area contributed by atoms with E-state index < -0.39 is 0 Å². The first-order chi connectivity index (χ1) is 8.63. The Labute approximate surface area is 109 Å². The van der Waals surface area contributed by atoms with Gasteiger partial charge in [0.15, 0.2) is 0 Å². The molecule has 0 aliphatic carbocycles. The lowest BCUT2D eigenvalue weighted by molar-refractivity contribution is 0.400. The van der Waals surface area contributed by atoms with E-state index in [1.807, 2.05) is 13.0 Å². The Morgan fingerprint density at radius 2 is 2.28 bits per heavy atom. The highest BCUT2D eigenvalue weighted by Gasteiger charge is 2.23. The van der Waals surface area contributed by atoms with E-state index in [1.54, 1.807) is 6.07 Å². The molecule has 2 atom stereocenters. The van der Waals surface area contributed by atoms with Crippen molar-refractivity contribution in [2.45, 2.75) is 39.2 Å². The minimum atomic E-state index is -0.137. The van der Waals surface area contributed by atoms with Crippen LogP contribution in [0.5, 0.6) is 0 Å². The van der Waals surface area contributed by atoms with Crippen molar-refractivity contribution >= 4 is 5.69 Å². The second-order valence-corrected chi connectivity index (χ2v) is 5.33. The average molecular weight is 250 g/mol. The molecule has 1 aliphatic rings. The van der Waals surface area contributed by atoms with Crippen LogP contribution in [0.2, 0.25) is 0 Å². The third kappa shape index (κ3) is 2.66. The highest BCUT2D eigenvalue weighted by molar-refractivity contribution is 5.56. The van der Waals surface area contributed by atoms with E-state index in [9.17, 15) is 4.39 Å². The number of nitrogens with zero attached hydrogens (tertiary/aromatic N) is 1. The van der Waals surface area contributed by atoms with Gasteiger partial charge in [-0.25, -0.2) is 4.39 Å². The smallest absolute Gasteiger partial charge is 0.146 e. The van der Waals surface area contributed by atoms with Gasteiger partial charge in [-0.2, -0.15) is 0 Å². The lowest BCUT2D eigenvalue weighted by Gasteiger charge is -2.36. The molecule has 0 amide bonds. The zero-order valence-corrected chi connectivity index (χ0v) is 11.3. The molecule has 18 heavy (non-hydrogen) atoms. The molecule has 1 aliphatic heterocycles. The first-order valence-corrected chi connectivity index (χ1v) is 6.92. The van der Waals surface area contributed by atoms with E-state index in [1.165, 1.54) is 18.9 Å². The fourth-order valence-electron chi connectivity index (χ4n) is 2.83. The first kappa shape index (κ1) is 13.3. The molecule has 0 spiro atoms. The number of para-hydroxylation sites is 1. The van der Waals surface area contributed by atoms with Crippen LogP contribution in [-0.2, 0) is 0 Å². The summed E-state index contributed by atoms with van der Waals surface area (Å²) in [6, 6.07) is 5.10. The van der Waals surface area contributed by atoms with Gasteiger partial charge >= 0.3 is 0 Å². The number of nitrogens with two attached hydrogens (primary N) is 1. The van der Waals surface area contributed by atoms with Gasteiger partial charge in [-0.15, -0.1) is 0 Å². The molecule has 2 N–H and O–H groups in total. The first-order valence-electron chi connectivity index (χ1n) is 6.92. The van der Waals surface area contributed by atoms with Crippen LogP contribution in [0.1, 0.15) is 44.7 Å². The molecule has 100 valence electrons. The molecule has 3 heteroatoms. The summed E-state index contributed by atoms with van der Waals surface area (Å²) in [6.45, 7) is 6.02. The molecule has 0 radical (unpaired) electrons. The number of anilines is 1. The highest BCUT2D eigenvalue weighted by Crippen LogP contribution is 2.32. The van der Waals surface area contributed by atoms with Gasteiger partial charge in [0.25, 0.3) is 0 Å². The van der Waals surface area contributed by atoms with Gasteiger partial charge < -0.3 is 10.6 Å². The van der Waals surface area contributed by atoms with Crippen molar-refractivity contribution in [3.63, 3.8) is 0 Å². The molecule has 1 fully saturated rings. The van der Waals surface area contributed by atoms with Crippen molar-refractivity contribution in [3.05, 3.63) is 29.6 Å². The van der Waals surface area contributed by atoms with Crippen molar-refractivity contribution in [2.24, 2.45) is 11.7 Å². The second-order valence-electron chi connectivity index (χ2n) is 5.33. The fourth-order valence-corrected chi connectivity index (χ4v) is 2.83. The Hall–Kier alpha value is -1.09. The maximum atomic E-state index is 14.1. The van der Waals surface area contributed by atoms with E-state index in [4.69, 9.17) is 5.73 Å². The molecule has 1 heterocycles. The highest BCUT2D eigenvalue weighted by atomic mass is 19.1. The van der Waals surface area contributed by atoms with Crippen molar-refractivity contribution in [1.29, 1.82) is 0 Å². The van der Waals surface area contributed by atoms with Crippen LogP contribution in [0.4, 0.5) is 10.1 Å². The number of piperidine rings is 1. The van der Waals surface area contributed by atoms with Crippen LogP contribution < -0.4 is 10.6 Å². The SMILES string of the molecule is CCC1CCCN(c2c(F)cccc2[C@H](C)N)C1. The standard InChI is InChI=1S/C15H23FN2/c1-3-12-6-5-9-18(10-12)15-13(11(2)17)7-4-8-14(15)16/h4,7-8,11-12H,3,5-6,9-10,17H2,1-2H3/t11-,12?/m0/s1. The van der Waals surface area contributed by atoms with Gasteiger partial charge in [0.2, 0.25) is 0 Å². The number of halogens is 1. The topological polar surface area (TPSA) is 29.3 Å². The van der Waals surface area contributed by atoms with Crippen molar-refractivity contribution in [3.8, 4) is 0 Å². The molecule has 0 saturated carbocycles. The normalized spacial score (nSPS) is 22.0.